The number of nitrogens with two attached hydrogens (primary N) is 1. The van der Waals surface area contributed by atoms with Crippen molar-refractivity contribution in [1.82, 2.24) is 4.37 Å². The summed E-state index contributed by atoms with van der Waals surface area (Å²) in [5.41, 5.74) is 5.85. The summed E-state index contributed by atoms with van der Waals surface area (Å²) in [5, 5.41) is 0.378. The summed E-state index contributed by atoms with van der Waals surface area (Å²) in [4.78, 5) is 2.25. The zero-order chi connectivity index (χ0) is 15.6. The van der Waals surface area contributed by atoms with Crippen molar-refractivity contribution in [3.05, 3.63) is 0 Å². The number of ether oxygens (including phenoxy) is 1. The first kappa shape index (κ1) is 16.5. The summed E-state index contributed by atoms with van der Waals surface area (Å²) in [7, 11) is -1.71. The van der Waals surface area contributed by atoms with Gasteiger partial charge in [0.05, 0.1) is 11.9 Å². The first-order valence-electron chi connectivity index (χ1n) is 7.10. The Morgan fingerprint density at radius 1 is 1.48 bits per heavy atom. The lowest BCUT2D eigenvalue weighted by Gasteiger charge is -2.25. The Hall–Kier alpha value is -0.860. The molecular formula is C13H23N3O3S2. The van der Waals surface area contributed by atoms with E-state index in [-0.39, 0.29) is 16.0 Å². The summed E-state index contributed by atoms with van der Waals surface area (Å²) >= 11 is 1.16. The number of rotatable bonds is 8. The Balaban J connectivity index is 2.36. The van der Waals surface area contributed by atoms with Crippen LogP contribution in [0, 0.1) is 5.92 Å². The Morgan fingerprint density at radius 2 is 2.14 bits per heavy atom. The van der Waals surface area contributed by atoms with Crippen molar-refractivity contribution in [2.45, 2.75) is 36.8 Å². The summed E-state index contributed by atoms with van der Waals surface area (Å²) < 4.78 is 34.4. The molecule has 0 bridgehead atoms. The molecule has 0 amide bonds. The Morgan fingerprint density at radius 3 is 2.67 bits per heavy atom. The van der Waals surface area contributed by atoms with E-state index in [4.69, 9.17) is 10.5 Å². The van der Waals surface area contributed by atoms with Gasteiger partial charge in [0.1, 0.15) is 9.90 Å². The number of nitrogens with zero attached hydrogens (tertiary/aromatic N) is 2. The van der Waals surface area contributed by atoms with E-state index in [9.17, 15) is 8.42 Å². The van der Waals surface area contributed by atoms with Crippen LogP contribution in [-0.4, -0.2) is 44.8 Å². The standard InChI is InChI=1S/C13H23N3O3S2/c1-9(2)8-16(6-7-19-3)13-11(12(14)15-20-13)21(17,18)10-4-5-10/h9-10H,4-8H2,1-3H3,(H2,14,15). The van der Waals surface area contributed by atoms with Crippen molar-refractivity contribution < 1.29 is 13.2 Å². The Kier molecular flexibility index (Phi) is 5.11. The lowest BCUT2D eigenvalue weighted by molar-refractivity contribution is 0.204. The van der Waals surface area contributed by atoms with Crippen LogP contribution in [0.3, 0.4) is 0 Å². The first-order chi connectivity index (χ1) is 9.87. The van der Waals surface area contributed by atoms with Crippen LogP contribution in [-0.2, 0) is 14.6 Å². The molecule has 6 nitrogen and oxygen atoms in total. The smallest absolute Gasteiger partial charge is 0.187 e. The maximum Gasteiger partial charge on any atom is 0.187 e. The molecule has 21 heavy (non-hydrogen) atoms. The monoisotopic (exact) mass is 333 g/mol. The molecule has 1 aromatic rings. The van der Waals surface area contributed by atoms with Gasteiger partial charge in [0.25, 0.3) is 0 Å². The third-order valence-corrected chi connectivity index (χ3v) is 6.72. The molecule has 1 aliphatic carbocycles. The molecule has 0 atom stereocenters. The third-order valence-electron chi connectivity index (χ3n) is 3.34. The number of anilines is 2. The summed E-state index contributed by atoms with van der Waals surface area (Å²) in [6, 6.07) is 0. The van der Waals surface area contributed by atoms with Gasteiger partial charge in [-0.25, -0.2) is 8.42 Å². The number of hydrogen-bond acceptors (Lipinski definition) is 7. The largest absolute Gasteiger partial charge is 0.383 e. The highest BCUT2D eigenvalue weighted by atomic mass is 32.2. The molecule has 120 valence electrons. The Labute approximate surface area is 130 Å². The minimum Gasteiger partial charge on any atom is -0.383 e. The minimum absolute atomic E-state index is 0.132. The maximum atomic E-state index is 12.6. The minimum atomic E-state index is -3.35. The summed E-state index contributed by atoms with van der Waals surface area (Å²) in [6.45, 7) is 6.10. The van der Waals surface area contributed by atoms with Gasteiger partial charge in [-0.15, -0.1) is 0 Å². The van der Waals surface area contributed by atoms with E-state index in [1.54, 1.807) is 7.11 Å². The van der Waals surface area contributed by atoms with Crippen molar-refractivity contribution >= 4 is 32.2 Å². The van der Waals surface area contributed by atoms with Gasteiger partial charge in [0, 0.05) is 20.2 Å². The van der Waals surface area contributed by atoms with Crippen LogP contribution >= 0.6 is 11.5 Å². The van der Waals surface area contributed by atoms with Crippen LogP contribution in [0.25, 0.3) is 0 Å². The van der Waals surface area contributed by atoms with E-state index in [0.29, 0.717) is 24.1 Å². The average molecular weight is 333 g/mol. The van der Waals surface area contributed by atoms with Gasteiger partial charge in [-0.05, 0) is 30.3 Å². The molecule has 1 heterocycles. The lowest BCUT2D eigenvalue weighted by atomic mass is 10.2. The average Bonchev–Trinajstić information content (AvgIpc) is 3.18. The lowest BCUT2D eigenvalue weighted by Crippen LogP contribution is -2.31. The van der Waals surface area contributed by atoms with E-state index >= 15 is 0 Å². The van der Waals surface area contributed by atoms with E-state index < -0.39 is 9.84 Å². The van der Waals surface area contributed by atoms with Gasteiger partial charge in [-0.3, -0.25) is 0 Å². The van der Waals surface area contributed by atoms with Gasteiger partial charge in [0.15, 0.2) is 15.7 Å². The first-order valence-corrected chi connectivity index (χ1v) is 9.42. The molecule has 0 radical (unpaired) electrons. The fourth-order valence-electron chi connectivity index (χ4n) is 2.22. The zero-order valence-electron chi connectivity index (χ0n) is 12.7. The van der Waals surface area contributed by atoms with Gasteiger partial charge in [-0.1, -0.05) is 13.8 Å². The van der Waals surface area contributed by atoms with Crippen LogP contribution in [0.5, 0.6) is 0 Å². The molecule has 0 unspecified atom stereocenters. The van der Waals surface area contributed by atoms with E-state index in [0.717, 1.165) is 30.9 Å². The second-order valence-corrected chi connectivity index (χ2v) is 8.70. The van der Waals surface area contributed by atoms with Gasteiger partial charge in [0.2, 0.25) is 0 Å². The van der Waals surface area contributed by atoms with E-state index in [2.05, 4.69) is 18.2 Å². The summed E-state index contributed by atoms with van der Waals surface area (Å²) in [6.07, 6.45) is 1.44. The van der Waals surface area contributed by atoms with Crippen LogP contribution in [0.15, 0.2) is 4.90 Å². The molecule has 0 saturated heterocycles. The predicted molar refractivity (Wildman–Crippen MR) is 85.7 cm³/mol. The SMILES string of the molecule is COCCN(CC(C)C)c1snc(N)c1S(=O)(=O)C1CC1. The zero-order valence-corrected chi connectivity index (χ0v) is 14.3. The second kappa shape index (κ2) is 6.50. The maximum absolute atomic E-state index is 12.6. The van der Waals surface area contributed by atoms with E-state index in [1.807, 2.05) is 4.90 Å². The molecule has 0 aliphatic heterocycles. The van der Waals surface area contributed by atoms with Crippen LogP contribution in [0.1, 0.15) is 26.7 Å². The number of sulfone groups is 1. The fourth-order valence-corrected chi connectivity index (χ4v) is 5.28. The van der Waals surface area contributed by atoms with Crippen molar-refractivity contribution in [2.24, 2.45) is 5.92 Å². The molecule has 8 heteroatoms. The fraction of sp³-hybridized carbons (Fsp3) is 0.769. The van der Waals surface area contributed by atoms with Crippen molar-refractivity contribution in [1.29, 1.82) is 0 Å². The third kappa shape index (κ3) is 3.67. The van der Waals surface area contributed by atoms with Crippen molar-refractivity contribution in [2.75, 3.05) is 37.4 Å². The quantitative estimate of drug-likeness (QED) is 0.780. The highest BCUT2D eigenvalue weighted by molar-refractivity contribution is 7.92. The molecule has 0 aromatic carbocycles. The molecular weight excluding hydrogens is 310 g/mol. The highest BCUT2D eigenvalue weighted by Gasteiger charge is 2.41. The topological polar surface area (TPSA) is 85.5 Å². The molecule has 1 saturated carbocycles. The van der Waals surface area contributed by atoms with Gasteiger partial charge in [-0.2, -0.15) is 4.37 Å². The highest BCUT2D eigenvalue weighted by Crippen LogP contribution is 2.42. The molecule has 1 fully saturated rings. The normalized spacial score (nSPS) is 15.6. The second-order valence-electron chi connectivity index (χ2n) is 5.78. The van der Waals surface area contributed by atoms with E-state index in [1.165, 1.54) is 0 Å². The number of methoxy groups -OCH3 is 1. The molecule has 1 aromatic heterocycles. The van der Waals surface area contributed by atoms with Crippen molar-refractivity contribution in [3.63, 3.8) is 0 Å². The van der Waals surface area contributed by atoms with Crippen LogP contribution < -0.4 is 10.6 Å². The summed E-state index contributed by atoms with van der Waals surface area (Å²) in [5.74, 6) is 0.537. The van der Waals surface area contributed by atoms with Crippen LogP contribution in [0.2, 0.25) is 0 Å². The number of aromatic nitrogens is 1. The van der Waals surface area contributed by atoms with Gasteiger partial charge < -0.3 is 15.4 Å². The molecule has 0 spiro atoms. The number of hydrogen-bond donors (Lipinski definition) is 1. The molecule has 2 rings (SSSR count). The predicted octanol–water partition coefficient (Wildman–Crippen LogP) is 1.77. The van der Waals surface area contributed by atoms with Crippen molar-refractivity contribution in [3.8, 4) is 0 Å². The van der Waals surface area contributed by atoms with Crippen LogP contribution in [0.4, 0.5) is 10.8 Å². The number of nitrogen functional groups attached to an aromatic ring is 1. The Bertz CT molecular complexity index is 579. The molecule has 2 N–H and O–H groups in total. The molecule has 1 aliphatic rings. The van der Waals surface area contributed by atoms with Gasteiger partial charge >= 0.3 is 0 Å².